The fourth-order valence-corrected chi connectivity index (χ4v) is 2.83. The SMILES string of the molecule is CCOC(=O)CCC(=O)CSC1CCOC1C. The van der Waals surface area contributed by atoms with Crippen molar-refractivity contribution >= 4 is 23.5 Å². The standard InChI is InChI=1S/C12H20O4S/c1-3-15-12(14)5-4-10(13)8-17-11-6-7-16-9(11)2/h9,11H,3-8H2,1-2H3. The second-order valence-electron chi connectivity index (χ2n) is 4.06. The third kappa shape index (κ3) is 5.55. The van der Waals surface area contributed by atoms with Crippen LogP contribution in [0.5, 0.6) is 0 Å². The molecule has 0 N–H and O–H groups in total. The van der Waals surface area contributed by atoms with Crippen molar-refractivity contribution in [2.75, 3.05) is 19.0 Å². The Labute approximate surface area is 106 Å². The van der Waals surface area contributed by atoms with Crippen LogP contribution in [0, 0.1) is 0 Å². The van der Waals surface area contributed by atoms with Crippen molar-refractivity contribution in [3.8, 4) is 0 Å². The van der Waals surface area contributed by atoms with Gasteiger partial charge in [0.15, 0.2) is 0 Å². The van der Waals surface area contributed by atoms with E-state index in [4.69, 9.17) is 9.47 Å². The monoisotopic (exact) mass is 260 g/mol. The van der Waals surface area contributed by atoms with E-state index in [9.17, 15) is 9.59 Å². The topological polar surface area (TPSA) is 52.6 Å². The first-order chi connectivity index (χ1) is 8.13. The molecule has 1 aliphatic rings. The molecule has 0 aromatic carbocycles. The predicted molar refractivity (Wildman–Crippen MR) is 67.2 cm³/mol. The smallest absolute Gasteiger partial charge is 0.306 e. The van der Waals surface area contributed by atoms with Crippen LogP contribution in [-0.4, -0.2) is 42.1 Å². The summed E-state index contributed by atoms with van der Waals surface area (Å²) in [5.41, 5.74) is 0. The average Bonchev–Trinajstić information content (AvgIpc) is 2.70. The Morgan fingerprint density at radius 1 is 1.41 bits per heavy atom. The summed E-state index contributed by atoms with van der Waals surface area (Å²) in [5, 5.41) is 0.418. The van der Waals surface area contributed by atoms with Gasteiger partial charge in [-0.1, -0.05) is 0 Å². The summed E-state index contributed by atoms with van der Waals surface area (Å²) in [6.07, 6.45) is 1.73. The molecule has 1 saturated heterocycles. The third-order valence-electron chi connectivity index (χ3n) is 2.68. The van der Waals surface area contributed by atoms with E-state index in [1.54, 1.807) is 18.7 Å². The van der Waals surface area contributed by atoms with Crippen LogP contribution >= 0.6 is 11.8 Å². The molecular weight excluding hydrogens is 240 g/mol. The summed E-state index contributed by atoms with van der Waals surface area (Å²) < 4.78 is 10.2. The van der Waals surface area contributed by atoms with E-state index < -0.39 is 0 Å². The van der Waals surface area contributed by atoms with Gasteiger partial charge in [0.25, 0.3) is 0 Å². The summed E-state index contributed by atoms with van der Waals surface area (Å²) in [5.74, 6) is 0.295. The molecule has 2 atom stereocenters. The van der Waals surface area contributed by atoms with E-state index in [1.807, 2.05) is 6.92 Å². The molecule has 0 aliphatic carbocycles. The van der Waals surface area contributed by atoms with Crippen LogP contribution in [0.4, 0.5) is 0 Å². The lowest BCUT2D eigenvalue weighted by atomic mass is 10.2. The highest BCUT2D eigenvalue weighted by molar-refractivity contribution is 8.00. The number of thioether (sulfide) groups is 1. The van der Waals surface area contributed by atoms with E-state index in [2.05, 4.69) is 0 Å². The first kappa shape index (κ1) is 14.5. The number of rotatable bonds is 7. The van der Waals surface area contributed by atoms with Crippen molar-refractivity contribution in [2.24, 2.45) is 0 Å². The molecule has 0 saturated carbocycles. The molecule has 1 rings (SSSR count). The van der Waals surface area contributed by atoms with Gasteiger partial charge in [-0.2, -0.15) is 0 Å². The van der Waals surface area contributed by atoms with Gasteiger partial charge in [-0.3, -0.25) is 9.59 Å². The molecule has 4 nitrogen and oxygen atoms in total. The van der Waals surface area contributed by atoms with Crippen LogP contribution in [0.3, 0.4) is 0 Å². The lowest BCUT2D eigenvalue weighted by Gasteiger charge is -2.12. The highest BCUT2D eigenvalue weighted by Gasteiger charge is 2.25. The summed E-state index contributed by atoms with van der Waals surface area (Å²) in [6, 6.07) is 0. The number of esters is 1. The van der Waals surface area contributed by atoms with Crippen LogP contribution < -0.4 is 0 Å². The molecule has 0 spiro atoms. The Morgan fingerprint density at radius 2 is 2.18 bits per heavy atom. The van der Waals surface area contributed by atoms with Gasteiger partial charge in [0.1, 0.15) is 5.78 Å². The normalized spacial score (nSPS) is 23.6. The maximum Gasteiger partial charge on any atom is 0.306 e. The molecule has 0 amide bonds. The van der Waals surface area contributed by atoms with Crippen molar-refractivity contribution in [3.63, 3.8) is 0 Å². The zero-order valence-electron chi connectivity index (χ0n) is 10.4. The molecule has 0 aromatic heterocycles. The predicted octanol–water partition coefficient (Wildman–Crippen LogP) is 1.81. The van der Waals surface area contributed by atoms with Crippen LogP contribution in [0.2, 0.25) is 0 Å². The molecule has 0 aromatic rings. The van der Waals surface area contributed by atoms with Crippen molar-refractivity contribution in [1.82, 2.24) is 0 Å². The Morgan fingerprint density at radius 3 is 2.76 bits per heavy atom. The van der Waals surface area contributed by atoms with E-state index in [-0.39, 0.29) is 30.7 Å². The molecular formula is C12H20O4S. The number of hydrogen-bond acceptors (Lipinski definition) is 5. The first-order valence-electron chi connectivity index (χ1n) is 6.04. The lowest BCUT2D eigenvalue weighted by Crippen LogP contribution is -2.16. The molecule has 1 aliphatic heterocycles. The van der Waals surface area contributed by atoms with Crippen LogP contribution in [0.15, 0.2) is 0 Å². The zero-order chi connectivity index (χ0) is 12.7. The Bertz CT molecular complexity index is 267. The molecule has 0 radical (unpaired) electrons. The second-order valence-corrected chi connectivity index (χ2v) is 5.29. The molecule has 1 heterocycles. The van der Waals surface area contributed by atoms with Gasteiger partial charge in [0.2, 0.25) is 0 Å². The first-order valence-corrected chi connectivity index (χ1v) is 7.09. The quantitative estimate of drug-likeness (QED) is 0.653. The van der Waals surface area contributed by atoms with Crippen LogP contribution in [0.1, 0.15) is 33.1 Å². The van der Waals surface area contributed by atoms with Gasteiger partial charge in [-0.25, -0.2) is 0 Å². The van der Waals surface area contributed by atoms with Crippen molar-refractivity contribution in [3.05, 3.63) is 0 Å². The van der Waals surface area contributed by atoms with Gasteiger partial charge in [-0.05, 0) is 20.3 Å². The molecule has 5 heteroatoms. The van der Waals surface area contributed by atoms with Crippen molar-refractivity contribution in [2.45, 2.75) is 44.5 Å². The molecule has 1 fully saturated rings. The summed E-state index contributed by atoms with van der Waals surface area (Å²) in [4.78, 5) is 22.6. The maximum absolute atomic E-state index is 11.5. The number of hydrogen-bond donors (Lipinski definition) is 0. The Hall–Kier alpha value is -0.550. The average molecular weight is 260 g/mol. The number of Topliss-reactive ketones (excluding diaryl/α,β-unsaturated/α-hetero) is 1. The molecule has 2 unspecified atom stereocenters. The van der Waals surface area contributed by atoms with Gasteiger partial charge in [-0.15, -0.1) is 11.8 Å². The van der Waals surface area contributed by atoms with Crippen molar-refractivity contribution < 1.29 is 19.1 Å². The molecule has 17 heavy (non-hydrogen) atoms. The zero-order valence-corrected chi connectivity index (χ0v) is 11.3. The summed E-state index contributed by atoms with van der Waals surface area (Å²) in [6.45, 7) is 4.96. The Kier molecular flexibility index (Phi) is 6.58. The highest BCUT2D eigenvalue weighted by Crippen LogP contribution is 2.26. The minimum absolute atomic E-state index is 0.113. The fraction of sp³-hybridized carbons (Fsp3) is 0.833. The van der Waals surface area contributed by atoms with E-state index in [0.717, 1.165) is 13.0 Å². The molecule has 98 valence electrons. The van der Waals surface area contributed by atoms with E-state index in [0.29, 0.717) is 17.6 Å². The Balaban J connectivity index is 2.10. The number of carbonyl (C=O) groups excluding carboxylic acids is 2. The summed E-state index contributed by atoms with van der Waals surface area (Å²) >= 11 is 1.64. The van der Waals surface area contributed by atoms with E-state index in [1.165, 1.54) is 0 Å². The lowest BCUT2D eigenvalue weighted by molar-refractivity contribution is -0.144. The van der Waals surface area contributed by atoms with Gasteiger partial charge >= 0.3 is 5.97 Å². The second kappa shape index (κ2) is 7.71. The van der Waals surface area contributed by atoms with Gasteiger partial charge < -0.3 is 9.47 Å². The number of ether oxygens (including phenoxy) is 2. The number of carbonyl (C=O) groups is 2. The minimum atomic E-state index is -0.289. The minimum Gasteiger partial charge on any atom is -0.466 e. The number of ketones is 1. The summed E-state index contributed by atoms with van der Waals surface area (Å²) in [7, 11) is 0. The third-order valence-corrected chi connectivity index (χ3v) is 4.21. The van der Waals surface area contributed by atoms with Gasteiger partial charge in [0, 0.05) is 18.3 Å². The highest BCUT2D eigenvalue weighted by atomic mass is 32.2. The largest absolute Gasteiger partial charge is 0.466 e. The van der Waals surface area contributed by atoms with E-state index >= 15 is 0 Å². The van der Waals surface area contributed by atoms with Crippen LogP contribution in [0.25, 0.3) is 0 Å². The maximum atomic E-state index is 11.5. The van der Waals surface area contributed by atoms with Crippen molar-refractivity contribution in [1.29, 1.82) is 0 Å². The van der Waals surface area contributed by atoms with Crippen LogP contribution in [-0.2, 0) is 19.1 Å². The molecule has 0 bridgehead atoms. The van der Waals surface area contributed by atoms with Gasteiger partial charge in [0.05, 0.1) is 24.9 Å². The fourth-order valence-electron chi connectivity index (χ4n) is 1.68.